The molecule has 0 aliphatic heterocycles. The van der Waals surface area contributed by atoms with E-state index in [1.165, 1.54) is 0 Å². The van der Waals surface area contributed by atoms with E-state index in [2.05, 4.69) is 38.4 Å². The Bertz CT molecular complexity index is 3850. The van der Waals surface area contributed by atoms with Crippen LogP contribution in [0.2, 0.25) is 0 Å². The lowest BCUT2D eigenvalue weighted by atomic mass is 9.95. The van der Waals surface area contributed by atoms with Gasteiger partial charge in [0.1, 0.15) is 31.4 Å². The molecule has 15 nitrogen and oxygen atoms in total. The fourth-order valence-electron chi connectivity index (χ4n) is 10.5. The Kier molecular flexibility index (Phi) is 16.5. The number of aliphatic hydroxyl groups excluding tert-OH is 4. The van der Waals surface area contributed by atoms with E-state index in [-0.39, 0.29) is 26.4 Å². The first-order valence-corrected chi connectivity index (χ1v) is 25.4. The second kappa shape index (κ2) is 23.8. The summed E-state index contributed by atoms with van der Waals surface area (Å²) >= 11 is 0. The highest BCUT2D eigenvalue weighted by Gasteiger charge is 2.28. The maximum atomic E-state index is 10.0. The Labute approximate surface area is 458 Å². The van der Waals surface area contributed by atoms with Gasteiger partial charge in [-0.1, -0.05) is 36.4 Å². The number of fused-ring (bicyclic) bond motifs is 2. The summed E-state index contributed by atoms with van der Waals surface area (Å²) in [5.41, 5.74) is 14.2. The van der Waals surface area contributed by atoms with E-state index in [4.69, 9.17) is 37.8 Å². The van der Waals surface area contributed by atoms with Crippen molar-refractivity contribution in [3.8, 4) is 102 Å². The van der Waals surface area contributed by atoms with Crippen molar-refractivity contribution in [3.05, 3.63) is 168 Å². The first-order valence-electron chi connectivity index (χ1n) is 25.4. The summed E-state index contributed by atoms with van der Waals surface area (Å²) in [5.74, 6) is 4.30. The van der Waals surface area contributed by atoms with Crippen molar-refractivity contribution in [2.75, 3.05) is 42.7 Å². The van der Waals surface area contributed by atoms with Crippen LogP contribution in [0.15, 0.2) is 138 Å². The monoisotopic (exact) mass is 1060 g/mol. The molecule has 5 aromatic heterocycles. The number of methoxy groups -OCH3 is 6. The molecule has 10 aromatic rings. The van der Waals surface area contributed by atoms with Gasteiger partial charge in [-0.05, 0) is 82.6 Å². The minimum atomic E-state index is -0.229. The van der Waals surface area contributed by atoms with Crippen molar-refractivity contribution < 1.29 is 62.4 Å². The molecule has 4 N–H and O–H groups in total. The van der Waals surface area contributed by atoms with Crippen LogP contribution in [-0.2, 0) is 40.5 Å². The first kappa shape index (κ1) is 54.9. The summed E-state index contributed by atoms with van der Waals surface area (Å²) in [4.78, 5) is 8.78. The second-order valence-electron chi connectivity index (χ2n) is 18.8. The number of hydrogen-bond acceptors (Lipinski definition) is 13. The highest BCUT2D eigenvalue weighted by atomic mass is 16.5. The number of benzene rings is 5. The smallest absolute Gasteiger partial charge is 0.213 e. The van der Waals surface area contributed by atoms with Gasteiger partial charge in [-0.15, -0.1) is 0 Å². The largest absolute Gasteiger partial charge is 0.495 e. The number of furan rings is 1. The lowest BCUT2D eigenvalue weighted by Crippen LogP contribution is -2.35. The standard InChI is InChI=1S/C32H32N3O5.C32H32NO6/c1-19-30-23(12-24(17-36)26(18-37)32(30)40-5)14-28(35(19)2)22-13-25(31(39-4)29(15-22)38-3)21-6-7-27(34-16-21)20-8-10-33-11-9-20;1-19-30-22(11-23(16-34)26(17-35)32(30)38-5)13-27(33(19)2)21-12-25(31(37-4)29(14-21)36-3)24-15-28(39-18-24)20-9-7-6-8-10-20/h6-16,36-37H,17-18H2,1-5H3;6-15,18,34-35H,16-17H2,1-5H3/q2*+1. The molecular formula is C64H64N4O11+2. The van der Waals surface area contributed by atoms with Crippen molar-refractivity contribution in [3.63, 3.8) is 0 Å². The fourth-order valence-corrected chi connectivity index (χ4v) is 10.5. The van der Waals surface area contributed by atoms with Gasteiger partial charge in [-0.25, -0.2) is 0 Å². The summed E-state index contributed by atoms with van der Waals surface area (Å²) in [7, 11) is 13.6. The SMILES string of the molecule is COc1cc(-c2cc3cc(CO)c(CO)c(OC)c3c(C)[n+]2C)cc(-c2ccc(-c3ccncc3)nc2)c1OC.COc1cc(-c2cc3cc(CO)c(CO)c(OC)c3c(C)[n+]2C)cc(-c2coc(-c3ccccc3)c2)c1OC. The minimum Gasteiger partial charge on any atom is -0.495 e. The molecule has 5 heterocycles. The Balaban J connectivity index is 0.000000192. The fraction of sp³-hybridized carbons (Fsp3) is 0.219. The third-order valence-electron chi connectivity index (χ3n) is 14.7. The summed E-state index contributed by atoms with van der Waals surface area (Å²) in [6.07, 6.45) is 7.05. The molecule has 404 valence electrons. The van der Waals surface area contributed by atoms with E-state index >= 15 is 0 Å². The predicted molar refractivity (Wildman–Crippen MR) is 303 cm³/mol. The topological polar surface area (TPSA) is 183 Å². The van der Waals surface area contributed by atoms with Crippen LogP contribution in [0.3, 0.4) is 0 Å². The van der Waals surface area contributed by atoms with Gasteiger partial charge < -0.3 is 53.3 Å². The van der Waals surface area contributed by atoms with Gasteiger partial charge in [0.05, 0.1) is 103 Å². The number of aryl methyl sites for hydroxylation is 2. The molecule has 15 heteroatoms. The van der Waals surface area contributed by atoms with E-state index in [0.717, 1.165) is 100 Å². The summed E-state index contributed by atoms with van der Waals surface area (Å²) in [5, 5.41) is 43.6. The van der Waals surface area contributed by atoms with E-state index in [1.54, 1.807) is 61.3 Å². The van der Waals surface area contributed by atoms with Crippen LogP contribution in [0.4, 0.5) is 0 Å². The molecule has 0 radical (unpaired) electrons. The predicted octanol–water partition coefficient (Wildman–Crippen LogP) is 10.4. The number of pyridine rings is 4. The van der Waals surface area contributed by atoms with Crippen LogP contribution in [0.5, 0.6) is 34.5 Å². The van der Waals surface area contributed by atoms with Crippen LogP contribution in [0.1, 0.15) is 33.6 Å². The quantitative estimate of drug-likeness (QED) is 0.0672. The molecule has 0 amide bonds. The van der Waals surface area contributed by atoms with Gasteiger partial charge in [0.15, 0.2) is 34.4 Å². The number of ether oxygens (including phenoxy) is 6. The highest BCUT2D eigenvalue weighted by molar-refractivity contribution is 5.95. The molecule has 0 spiro atoms. The van der Waals surface area contributed by atoms with Crippen LogP contribution >= 0.6 is 0 Å². The average molecular weight is 1070 g/mol. The van der Waals surface area contributed by atoms with Gasteiger partial charge >= 0.3 is 0 Å². The number of aromatic nitrogens is 4. The Morgan fingerprint density at radius 3 is 1.39 bits per heavy atom. The third-order valence-corrected chi connectivity index (χ3v) is 14.7. The molecule has 0 aliphatic carbocycles. The van der Waals surface area contributed by atoms with Crippen LogP contribution in [0.25, 0.3) is 88.9 Å². The molecule has 0 saturated carbocycles. The highest BCUT2D eigenvalue weighted by Crippen LogP contribution is 2.46. The van der Waals surface area contributed by atoms with Crippen LogP contribution < -0.4 is 37.6 Å². The molecule has 0 bridgehead atoms. The molecule has 79 heavy (non-hydrogen) atoms. The van der Waals surface area contributed by atoms with Crippen molar-refractivity contribution >= 4 is 21.5 Å². The second-order valence-corrected chi connectivity index (χ2v) is 18.8. The maximum absolute atomic E-state index is 10.0. The normalized spacial score (nSPS) is 11.1. The molecule has 0 unspecified atom stereocenters. The molecule has 0 fully saturated rings. The van der Waals surface area contributed by atoms with Crippen LogP contribution in [-0.4, -0.2) is 73.1 Å². The summed E-state index contributed by atoms with van der Waals surface area (Å²) < 4.78 is 44.7. The first-order chi connectivity index (χ1) is 38.4. The minimum absolute atomic E-state index is 0.206. The Morgan fingerprint density at radius 1 is 0.468 bits per heavy atom. The molecule has 0 saturated heterocycles. The zero-order valence-electron chi connectivity index (χ0n) is 46.0. The third kappa shape index (κ3) is 10.3. The van der Waals surface area contributed by atoms with Crippen LogP contribution in [0, 0.1) is 13.8 Å². The molecule has 10 rings (SSSR count). The Hall–Kier alpha value is -8.86. The molecule has 0 atom stereocenters. The maximum Gasteiger partial charge on any atom is 0.213 e. The van der Waals surface area contributed by atoms with Gasteiger partial charge in [0.25, 0.3) is 0 Å². The number of hydrogen-bond donors (Lipinski definition) is 4. The van der Waals surface area contributed by atoms with Crippen molar-refractivity contribution in [1.29, 1.82) is 0 Å². The van der Waals surface area contributed by atoms with Gasteiger partial charge in [-0.2, -0.15) is 9.13 Å². The lowest BCUT2D eigenvalue weighted by molar-refractivity contribution is -0.665. The zero-order chi connectivity index (χ0) is 56.1. The number of rotatable bonds is 16. The van der Waals surface area contributed by atoms with E-state index in [0.29, 0.717) is 56.8 Å². The van der Waals surface area contributed by atoms with Crippen molar-refractivity contribution in [2.24, 2.45) is 14.1 Å². The summed E-state index contributed by atoms with van der Waals surface area (Å²) in [6.45, 7) is 3.15. The van der Waals surface area contributed by atoms with E-state index in [9.17, 15) is 20.4 Å². The van der Waals surface area contributed by atoms with Gasteiger partial charge in [0, 0.05) is 89.1 Å². The summed E-state index contributed by atoms with van der Waals surface area (Å²) in [6, 6.07) is 35.7. The van der Waals surface area contributed by atoms with E-state index in [1.807, 2.05) is 119 Å². The van der Waals surface area contributed by atoms with Crippen molar-refractivity contribution in [1.82, 2.24) is 9.97 Å². The van der Waals surface area contributed by atoms with Gasteiger partial charge in [-0.3, -0.25) is 9.97 Å². The molecular weight excluding hydrogens is 1000 g/mol. The zero-order valence-corrected chi connectivity index (χ0v) is 46.0. The lowest BCUT2D eigenvalue weighted by Gasteiger charge is -2.17. The Morgan fingerprint density at radius 2 is 0.962 bits per heavy atom. The average Bonchev–Trinajstić information content (AvgIpc) is 4.03. The van der Waals surface area contributed by atoms with Gasteiger partial charge in [0.2, 0.25) is 11.4 Å². The van der Waals surface area contributed by atoms with Crippen molar-refractivity contribution in [2.45, 2.75) is 40.3 Å². The van der Waals surface area contributed by atoms with E-state index < -0.39 is 0 Å². The molecule has 5 aromatic carbocycles. The molecule has 0 aliphatic rings. The number of aliphatic hydroxyl groups is 4. The number of nitrogens with zero attached hydrogens (tertiary/aromatic N) is 4.